The van der Waals surface area contributed by atoms with Gasteiger partial charge in [-0.25, -0.2) is 0 Å². The molecular formula is C20H32ClN2O. The molecule has 1 radical (unpaired) electrons. The van der Waals surface area contributed by atoms with Crippen LogP contribution in [0.15, 0.2) is 18.2 Å². The zero-order chi connectivity index (χ0) is 17.6. The van der Waals surface area contributed by atoms with Crippen molar-refractivity contribution >= 4 is 28.9 Å². The fraction of sp³-hybridized carbons (Fsp3) is 0.650. The molecule has 0 unspecified atom stereocenters. The van der Waals surface area contributed by atoms with Crippen LogP contribution in [-0.4, -0.2) is 5.91 Å². The molecule has 4 heteroatoms. The SMILES string of the molecule is CCCCCCCCCCCCCC(=O)Nc1ccc(Cl)c([NH])c1. The Hall–Kier alpha value is -1.22. The highest BCUT2D eigenvalue weighted by Gasteiger charge is 2.04. The van der Waals surface area contributed by atoms with Crippen molar-refractivity contribution in [1.82, 2.24) is 5.73 Å². The molecular weight excluding hydrogens is 320 g/mol. The van der Waals surface area contributed by atoms with Crippen molar-refractivity contribution in [2.24, 2.45) is 0 Å². The van der Waals surface area contributed by atoms with Gasteiger partial charge in [-0.15, -0.1) is 0 Å². The van der Waals surface area contributed by atoms with Crippen LogP contribution in [0, 0.1) is 0 Å². The zero-order valence-electron chi connectivity index (χ0n) is 15.0. The maximum absolute atomic E-state index is 11.9. The molecule has 0 aliphatic rings. The van der Waals surface area contributed by atoms with Crippen molar-refractivity contribution in [3.8, 4) is 0 Å². The van der Waals surface area contributed by atoms with E-state index >= 15 is 0 Å². The smallest absolute Gasteiger partial charge is 0.224 e. The summed E-state index contributed by atoms with van der Waals surface area (Å²) in [6.45, 7) is 2.25. The third-order valence-electron chi connectivity index (χ3n) is 4.26. The van der Waals surface area contributed by atoms with Crippen molar-refractivity contribution in [2.75, 3.05) is 5.32 Å². The average Bonchev–Trinajstić information content (AvgIpc) is 2.56. The summed E-state index contributed by atoms with van der Waals surface area (Å²) < 4.78 is 0. The van der Waals surface area contributed by atoms with Crippen LogP contribution >= 0.6 is 11.6 Å². The first-order valence-corrected chi connectivity index (χ1v) is 9.82. The van der Waals surface area contributed by atoms with E-state index in [2.05, 4.69) is 12.2 Å². The lowest BCUT2D eigenvalue weighted by atomic mass is 10.1. The molecule has 0 fully saturated rings. The highest BCUT2D eigenvalue weighted by molar-refractivity contribution is 6.33. The summed E-state index contributed by atoms with van der Waals surface area (Å²) in [5.74, 6) is 0.0210. The molecule has 0 heterocycles. The molecule has 0 aliphatic carbocycles. The molecule has 0 saturated heterocycles. The van der Waals surface area contributed by atoms with E-state index in [-0.39, 0.29) is 11.6 Å². The maximum atomic E-state index is 11.9. The number of anilines is 1. The van der Waals surface area contributed by atoms with Crippen molar-refractivity contribution in [3.05, 3.63) is 23.2 Å². The Morgan fingerprint density at radius 3 is 2.04 bits per heavy atom. The van der Waals surface area contributed by atoms with Gasteiger partial charge in [0.25, 0.3) is 0 Å². The second-order valence-corrected chi connectivity index (χ2v) is 6.94. The Morgan fingerprint density at radius 2 is 1.50 bits per heavy atom. The van der Waals surface area contributed by atoms with E-state index in [9.17, 15) is 4.79 Å². The Balaban J connectivity index is 1.97. The molecule has 1 rings (SSSR count). The molecule has 1 amide bonds. The molecule has 3 nitrogen and oxygen atoms in total. The quantitative estimate of drug-likeness (QED) is 0.386. The van der Waals surface area contributed by atoms with Crippen LogP contribution in [0.1, 0.15) is 84.0 Å². The second kappa shape index (κ2) is 13.1. The molecule has 1 aromatic rings. The maximum Gasteiger partial charge on any atom is 0.224 e. The number of unbranched alkanes of at least 4 members (excludes halogenated alkanes) is 10. The number of halogens is 1. The van der Waals surface area contributed by atoms with Gasteiger partial charge in [-0.3, -0.25) is 10.5 Å². The van der Waals surface area contributed by atoms with E-state index in [1.165, 1.54) is 57.8 Å². The summed E-state index contributed by atoms with van der Waals surface area (Å²) in [4.78, 5) is 11.9. The zero-order valence-corrected chi connectivity index (χ0v) is 15.8. The Kier molecular flexibility index (Phi) is 11.4. The summed E-state index contributed by atoms with van der Waals surface area (Å²) in [5.41, 5.74) is 8.51. The van der Waals surface area contributed by atoms with Gasteiger partial charge in [0, 0.05) is 12.1 Å². The van der Waals surface area contributed by atoms with Crippen LogP contribution in [0.3, 0.4) is 0 Å². The third kappa shape index (κ3) is 9.82. The van der Waals surface area contributed by atoms with Gasteiger partial charge in [-0.1, -0.05) is 82.7 Å². The summed E-state index contributed by atoms with van der Waals surface area (Å²) >= 11 is 5.80. The fourth-order valence-corrected chi connectivity index (χ4v) is 2.89. The van der Waals surface area contributed by atoms with Crippen molar-refractivity contribution in [3.63, 3.8) is 0 Å². The molecule has 0 bridgehead atoms. The minimum absolute atomic E-state index is 0.0210. The van der Waals surface area contributed by atoms with Gasteiger partial charge < -0.3 is 5.32 Å². The predicted octanol–water partition coefficient (Wildman–Crippen LogP) is 6.89. The third-order valence-corrected chi connectivity index (χ3v) is 4.59. The van der Waals surface area contributed by atoms with Crippen LogP contribution < -0.4 is 11.1 Å². The number of rotatable bonds is 13. The molecule has 0 atom stereocenters. The van der Waals surface area contributed by atoms with Crippen LogP contribution in [-0.2, 0) is 4.79 Å². The Bertz CT molecular complexity index is 477. The van der Waals surface area contributed by atoms with E-state index < -0.39 is 0 Å². The lowest BCUT2D eigenvalue weighted by Crippen LogP contribution is -2.10. The van der Waals surface area contributed by atoms with Crippen molar-refractivity contribution < 1.29 is 4.79 Å². The number of nitrogens with one attached hydrogen (secondary N) is 2. The van der Waals surface area contributed by atoms with E-state index in [0.29, 0.717) is 17.1 Å². The van der Waals surface area contributed by atoms with Crippen LogP contribution in [0.4, 0.5) is 11.4 Å². The van der Waals surface area contributed by atoms with Crippen molar-refractivity contribution in [1.29, 1.82) is 0 Å². The average molecular weight is 352 g/mol. The number of hydrogen-bond acceptors (Lipinski definition) is 1. The second-order valence-electron chi connectivity index (χ2n) is 6.53. The lowest BCUT2D eigenvalue weighted by molar-refractivity contribution is -0.116. The Morgan fingerprint density at radius 1 is 0.958 bits per heavy atom. The van der Waals surface area contributed by atoms with Gasteiger partial charge in [-0.2, -0.15) is 0 Å². The standard InChI is InChI=1S/C20H32ClN2O/c1-2-3-4-5-6-7-8-9-10-11-12-13-20(24)23-17-14-15-18(21)19(22)16-17/h14-16,22H,2-13H2,1H3,(H,23,24). The molecule has 24 heavy (non-hydrogen) atoms. The highest BCUT2D eigenvalue weighted by atomic mass is 35.5. The van der Waals surface area contributed by atoms with Gasteiger partial charge in [0.1, 0.15) is 0 Å². The summed E-state index contributed by atoms with van der Waals surface area (Å²) in [6.07, 6.45) is 14.6. The lowest BCUT2D eigenvalue weighted by Gasteiger charge is -2.06. The number of carbonyl (C=O) groups excluding carboxylic acids is 1. The molecule has 0 saturated carbocycles. The van der Waals surface area contributed by atoms with E-state index in [4.69, 9.17) is 17.3 Å². The summed E-state index contributed by atoms with van der Waals surface area (Å²) in [5, 5.41) is 3.23. The first-order chi connectivity index (χ1) is 11.6. The Labute approximate surface area is 152 Å². The minimum atomic E-state index is 0.0210. The topological polar surface area (TPSA) is 52.9 Å². The fourth-order valence-electron chi connectivity index (χ4n) is 2.78. The largest absolute Gasteiger partial charge is 0.326 e. The molecule has 0 aliphatic heterocycles. The molecule has 2 N–H and O–H groups in total. The van der Waals surface area contributed by atoms with Gasteiger partial charge in [0.15, 0.2) is 0 Å². The summed E-state index contributed by atoms with van der Waals surface area (Å²) in [7, 11) is 0. The normalized spacial score (nSPS) is 10.8. The van der Waals surface area contributed by atoms with Gasteiger partial charge in [0.2, 0.25) is 5.91 Å². The van der Waals surface area contributed by atoms with E-state index in [1.54, 1.807) is 18.2 Å². The summed E-state index contributed by atoms with van der Waals surface area (Å²) in [6, 6.07) is 4.96. The van der Waals surface area contributed by atoms with Gasteiger partial charge in [0.05, 0.1) is 10.7 Å². The van der Waals surface area contributed by atoms with Gasteiger partial charge in [-0.05, 0) is 24.6 Å². The molecule has 135 valence electrons. The van der Waals surface area contributed by atoms with Gasteiger partial charge >= 0.3 is 0 Å². The molecule has 0 spiro atoms. The van der Waals surface area contributed by atoms with E-state index in [0.717, 1.165) is 12.8 Å². The number of benzene rings is 1. The first-order valence-electron chi connectivity index (χ1n) is 9.44. The monoisotopic (exact) mass is 351 g/mol. The molecule has 1 aromatic carbocycles. The predicted molar refractivity (Wildman–Crippen MR) is 104 cm³/mol. The number of amides is 1. The van der Waals surface area contributed by atoms with Crippen LogP contribution in [0.5, 0.6) is 0 Å². The van der Waals surface area contributed by atoms with Crippen LogP contribution in [0.2, 0.25) is 5.02 Å². The number of hydrogen-bond donors (Lipinski definition) is 1. The minimum Gasteiger partial charge on any atom is -0.326 e. The highest BCUT2D eigenvalue weighted by Crippen LogP contribution is 2.23. The van der Waals surface area contributed by atoms with Crippen LogP contribution in [0.25, 0.3) is 0 Å². The number of carbonyl (C=O) groups is 1. The van der Waals surface area contributed by atoms with E-state index in [1.807, 2.05) is 0 Å². The first kappa shape index (κ1) is 20.8. The van der Waals surface area contributed by atoms with Crippen molar-refractivity contribution in [2.45, 2.75) is 84.0 Å². The molecule has 0 aromatic heterocycles.